The molecular formula is C8H11BNO. The standard InChI is InChI=1S/C8H11BNO/c10-6-5-7-1-3-8(9-11)4-2-7/h1-4,11H,5-6,10H2. The fourth-order valence-electron chi connectivity index (χ4n) is 0.937. The minimum absolute atomic E-state index is 0.669. The van der Waals surface area contributed by atoms with E-state index in [2.05, 4.69) is 0 Å². The summed E-state index contributed by atoms with van der Waals surface area (Å²) < 4.78 is 0. The van der Waals surface area contributed by atoms with Gasteiger partial charge >= 0.3 is 7.48 Å². The Balaban J connectivity index is 2.66. The van der Waals surface area contributed by atoms with Gasteiger partial charge in [0.05, 0.1) is 0 Å². The first kappa shape index (κ1) is 8.30. The highest BCUT2D eigenvalue weighted by Crippen LogP contribution is 1.95. The van der Waals surface area contributed by atoms with E-state index in [-0.39, 0.29) is 0 Å². The van der Waals surface area contributed by atoms with Gasteiger partial charge in [-0.15, -0.1) is 0 Å². The van der Waals surface area contributed by atoms with Gasteiger partial charge in [0.1, 0.15) is 0 Å². The van der Waals surface area contributed by atoms with Gasteiger partial charge in [-0.3, -0.25) is 0 Å². The van der Waals surface area contributed by atoms with Crippen molar-refractivity contribution in [1.82, 2.24) is 0 Å². The zero-order valence-electron chi connectivity index (χ0n) is 6.33. The summed E-state index contributed by atoms with van der Waals surface area (Å²) >= 11 is 0. The van der Waals surface area contributed by atoms with Crippen LogP contribution in [0, 0.1) is 0 Å². The molecule has 0 saturated carbocycles. The van der Waals surface area contributed by atoms with Crippen molar-refractivity contribution in [2.75, 3.05) is 6.54 Å². The molecule has 2 nitrogen and oxygen atoms in total. The molecule has 0 spiro atoms. The van der Waals surface area contributed by atoms with Crippen LogP contribution in [0.4, 0.5) is 0 Å². The number of rotatable bonds is 3. The molecule has 0 aliphatic rings. The molecule has 0 aliphatic carbocycles. The summed E-state index contributed by atoms with van der Waals surface area (Å²) in [5.74, 6) is 0. The second-order valence-electron chi connectivity index (χ2n) is 2.41. The predicted octanol–water partition coefficient (Wildman–Crippen LogP) is -0.575. The van der Waals surface area contributed by atoms with Crippen LogP contribution in [-0.2, 0) is 6.42 Å². The van der Waals surface area contributed by atoms with E-state index in [4.69, 9.17) is 10.8 Å². The summed E-state index contributed by atoms with van der Waals surface area (Å²) in [5, 5.41) is 8.61. The molecule has 0 heterocycles. The Labute approximate surface area is 67.3 Å². The molecule has 57 valence electrons. The zero-order chi connectivity index (χ0) is 8.10. The van der Waals surface area contributed by atoms with Crippen LogP contribution in [-0.4, -0.2) is 19.1 Å². The first-order chi connectivity index (χ1) is 5.36. The molecule has 1 radical (unpaired) electrons. The Morgan fingerprint density at radius 2 is 1.91 bits per heavy atom. The Bertz CT molecular complexity index is 210. The first-order valence-electron chi connectivity index (χ1n) is 3.63. The maximum Gasteiger partial charge on any atom is 0.326 e. The van der Waals surface area contributed by atoms with Gasteiger partial charge in [0, 0.05) is 0 Å². The summed E-state index contributed by atoms with van der Waals surface area (Å²) in [6.07, 6.45) is 0.895. The Morgan fingerprint density at radius 1 is 1.27 bits per heavy atom. The van der Waals surface area contributed by atoms with Crippen molar-refractivity contribution in [1.29, 1.82) is 0 Å². The SMILES string of the molecule is NCCc1ccc([B]O)cc1. The highest BCUT2D eigenvalue weighted by molar-refractivity contribution is 6.45. The quantitative estimate of drug-likeness (QED) is 0.563. The van der Waals surface area contributed by atoms with Crippen molar-refractivity contribution in [3.63, 3.8) is 0 Å². The van der Waals surface area contributed by atoms with E-state index in [1.165, 1.54) is 5.56 Å². The topological polar surface area (TPSA) is 46.2 Å². The molecule has 0 amide bonds. The molecule has 0 atom stereocenters. The van der Waals surface area contributed by atoms with Crippen LogP contribution in [0.1, 0.15) is 5.56 Å². The molecule has 3 heteroatoms. The van der Waals surface area contributed by atoms with Gasteiger partial charge in [-0.25, -0.2) is 0 Å². The van der Waals surface area contributed by atoms with E-state index in [9.17, 15) is 0 Å². The van der Waals surface area contributed by atoms with Crippen molar-refractivity contribution in [2.45, 2.75) is 6.42 Å². The molecule has 0 bridgehead atoms. The fourth-order valence-corrected chi connectivity index (χ4v) is 0.937. The number of hydrogen-bond donors (Lipinski definition) is 2. The second-order valence-corrected chi connectivity index (χ2v) is 2.41. The molecule has 0 unspecified atom stereocenters. The average Bonchev–Trinajstić information content (AvgIpc) is 2.07. The molecular weight excluding hydrogens is 137 g/mol. The normalized spacial score (nSPS) is 9.64. The maximum atomic E-state index is 8.61. The lowest BCUT2D eigenvalue weighted by atomic mass is 9.88. The van der Waals surface area contributed by atoms with E-state index in [1.54, 1.807) is 0 Å². The minimum atomic E-state index is 0.669. The van der Waals surface area contributed by atoms with Crippen LogP contribution >= 0.6 is 0 Å². The zero-order valence-corrected chi connectivity index (χ0v) is 6.33. The number of nitrogens with two attached hydrogens (primary N) is 1. The highest BCUT2D eigenvalue weighted by atomic mass is 16.2. The monoisotopic (exact) mass is 148 g/mol. The van der Waals surface area contributed by atoms with Crippen molar-refractivity contribution in [3.05, 3.63) is 29.8 Å². The molecule has 3 N–H and O–H groups in total. The molecule has 0 aliphatic heterocycles. The number of benzene rings is 1. The van der Waals surface area contributed by atoms with Gasteiger partial charge in [0.15, 0.2) is 0 Å². The van der Waals surface area contributed by atoms with Crippen LogP contribution in [0.5, 0.6) is 0 Å². The summed E-state index contributed by atoms with van der Waals surface area (Å²) in [5.41, 5.74) is 7.41. The summed E-state index contributed by atoms with van der Waals surface area (Å²) in [6.45, 7) is 0.669. The Hall–Kier alpha value is -0.795. The molecule has 0 saturated heterocycles. The van der Waals surface area contributed by atoms with Gasteiger partial charge in [-0.05, 0) is 18.5 Å². The second kappa shape index (κ2) is 4.16. The van der Waals surface area contributed by atoms with E-state index in [0.717, 1.165) is 19.4 Å². The van der Waals surface area contributed by atoms with Crippen LogP contribution < -0.4 is 11.2 Å². The smallest absolute Gasteiger partial charge is 0.326 e. The molecule has 1 aromatic carbocycles. The molecule has 11 heavy (non-hydrogen) atoms. The predicted molar refractivity (Wildman–Crippen MR) is 46.8 cm³/mol. The van der Waals surface area contributed by atoms with Crippen LogP contribution in [0.2, 0.25) is 0 Å². The van der Waals surface area contributed by atoms with E-state index >= 15 is 0 Å². The molecule has 0 aromatic heterocycles. The highest BCUT2D eigenvalue weighted by Gasteiger charge is 1.93. The molecule has 1 aromatic rings. The summed E-state index contributed by atoms with van der Waals surface area (Å²) in [6, 6.07) is 7.67. The summed E-state index contributed by atoms with van der Waals surface area (Å²) in [4.78, 5) is 0. The van der Waals surface area contributed by atoms with Crippen LogP contribution in [0.3, 0.4) is 0 Å². The lowest BCUT2D eigenvalue weighted by Gasteiger charge is -1.98. The largest absolute Gasteiger partial charge is 0.450 e. The van der Waals surface area contributed by atoms with Gasteiger partial charge in [-0.2, -0.15) is 0 Å². The first-order valence-corrected chi connectivity index (χ1v) is 3.63. The van der Waals surface area contributed by atoms with Crippen molar-refractivity contribution in [2.24, 2.45) is 5.73 Å². The fraction of sp³-hybridized carbons (Fsp3) is 0.250. The van der Waals surface area contributed by atoms with Crippen LogP contribution in [0.15, 0.2) is 24.3 Å². The van der Waals surface area contributed by atoms with Crippen molar-refractivity contribution < 1.29 is 5.02 Å². The molecule has 0 fully saturated rings. The minimum Gasteiger partial charge on any atom is -0.450 e. The van der Waals surface area contributed by atoms with Gasteiger partial charge in [0.2, 0.25) is 0 Å². The van der Waals surface area contributed by atoms with E-state index in [0.29, 0.717) is 6.54 Å². The average molecular weight is 148 g/mol. The van der Waals surface area contributed by atoms with Crippen molar-refractivity contribution in [3.8, 4) is 0 Å². The van der Waals surface area contributed by atoms with Gasteiger partial charge in [-0.1, -0.05) is 29.7 Å². The van der Waals surface area contributed by atoms with E-state index in [1.807, 2.05) is 24.3 Å². The van der Waals surface area contributed by atoms with E-state index < -0.39 is 0 Å². The third kappa shape index (κ3) is 2.37. The Kier molecular flexibility index (Phi) is 3.14. The summed E-state index contributed by atoms with van der Waals surface area (Å²) in [7, 11) is 1.09. The van der Waals surface area contributed by atoms with Crippen LogP contribution in [0.25, 0.3) is 0 Å². The lowest BCUT2D eigenvalue weighted by molar-refractivity contribution is 0.615. The lowest BCUT2D eigenvalue weighted by Crippen LogP contribution is -2.13. The third-order valence-corrected chi connectivity index (χ3v) is 1.56. The molecule has 1 rings (SSSR count). The van der Waals surface area contributed by atoms with Gasteiger partial charge < -0.3 is 10.8 Å². The van der Waals surface area contributed by atoms with Gasteiger partial charge in [0.25, 0.3) is 0 Å². The Morgan fingerprint density at radius 3 is 2.36 bits per heavy atom. The maximum absolute atomic E-state index is 8.61. The third-order valence-electron chi connectivity index (χ3n) is 1.56. The van der Waals surface area contributed by atoms with Crippen molar-refractivity contribution >= 4 is 12.9 Å². The number of hydrogen-bond acceptors (Lipinski definition) is 2.